The first-order chi connectivity index (χ1) is 8.20. The molecule has 3 atom stereocenters. The summed E-state index contributed by atoms with van der Waals surface area (Å²) in [4.78, 5) is 2.57. The van der Waals surface area contributed by atoms with Crippen molar-refractivity contribution >= 4 is 0 Å². The molecule has 0 spiro atoms. The van der Waals surface area contributed by atoms with Gasteiger partial charge in [-0.05, 0) is 50.7 Å². The Labute approximate surface area is 107 Å². The van der Waals surface area contributed by atoms with Crippen molar-refractivity contribution in [1.29, 1.82) is 0 Å². The van der Waals surface area contributed by atoms with Gasteiger partial charge in [0.05, 0.1) is 0 Å². The maximum Gasteiger partial charge on any atom is 0.00978 e. The van der Waals surface area contributed by atoms with E-state index in [2.05, 4.69) is 31.0 Å². The molecular formula is C15H30N2. The average molecular weight is 238 g/mol. The van der Waals surface area contributed by atoms with Gasteiger partial charge in [0, 0.05) is 12.1 Å². The molecule has 1 saturated carbocycles. The highest BCUT2D eigenvalue weighted by atomic mass is 15.1. The molecule has 1 aliphatic heterocycles. The summed E-state index contributed by atoms with van der Waals surface area (Å²) in [5, 5.41) is 3.96. The van der Waals surface area contributed by atoms with Gasteiger partial charge in [0.15, 0.2) is 0 Å². The highest BCUT2D eigenvalue weighted by molar-refractivity contribution is 4.86. The Kier molecular flexibility index (Phi) is 4.87. The van der Waals surface area contributed by atoms with Crippen LogP contribution in [0.1, 0.15) is 52.9 Å². The predicted octanol–water partition coefficient (Wildman–Crippen LogP) is 2.89. The first-order valence-corrected chi connectivity index (χ1v) is 7.69. The van der Waals surface area contributed by atoms with Crippen molar-refractivity contribution in [3.8, 4) is 0 Å². The molecule has 2 heteroatoms. The van der Waals surface area contributed by atoms with Gasteiger partial charge in [-0.25, -0.2) is 0 Å². The average Bonchev–Trinajstić information content (AvgIpc) is 2.36. The second-order valence-electron chi connectivity index (χ2n) is 6.25. The minimum absolute atomic E-state index is 0.788. The van der Waals surface area contributed by atoms with Gasteiger partial charge in [-0.15, -0.1) is 0 Å². The van der Waals surface area contributed by atoms with Crippen LogP contribution in [-0.2, 0) is 0 Å². The number of rotatable bonds is 3. The van der Waals surface area contributed by atoms with Gasteiger partial charge in [-0.1, -0.05) is 33.6 Å². The van der Waals surface area contributed by atoms with E-state index in [0.717, 1.165) is 23.9 Å². The van der Waals surface area contributed by atoms with Crippen LogP contribution in [0.25, 0.3) is 0 Å². The van der Waals surface area contributed by atoms with Crippen LogP contribution < -0.4 is 5.32 Å². The minimum Gasteiger partial charge on any atom is -0.311 e. The molecule has 1 saturated heterocycles. The molecule has 0 radical (unpaired) electrons. The van der Waals surface area contributed by atoms with Crippen molar-refractivity contribution in [2.45, 2.75) is 65.0 Å². The molecule has 2 nitrogen and oxygen atoms in total. The number of piperidine rings is 1. The topological polar surface area (TPSA) is 15.3 Å². The molecule has 0 aromatic heterocycles. The number of likely N-dealkylation sites (tertiary alicyclic amines) is 1. The lowest BCUT2D eigenvalue weighted by Gasteiger charge is -2.39. The molecule has 0 aromatic carbocycles. The van der Waals surface area contributed by atoms with E-state index in [9.17, 15) is 0 Å². The molecule has 2 fully saturated rings. The highest BCUT2D eigenvalue weighted by Crippen LogP contribution is 2.30. The Hall–Kier alpha value is -0.0800. The van der Waals surface area contributed by atoms with Crippen LogP contribution in [0.5, 0.6) is 0 Å². The summed E-state index contributed by atoms with van der Waals surface area (Å²) < 4.78 is 0. The van der Waals surface area contributed by atoms with Crippen LogP contribution >= 0.6 is 0 Å². The van der Waals surface area contributed by atoms with Crippen molar-refractivity contribution in [2.24, 2.45) is 11.8 Å². The smallest absolute Gasteiger partial charge is 0.00978 e. The second-order valence-corrected chi connectivity index (χ2v) is 6.25. The molecule has 2 aliphatic rings. The SMILES string of the molecule is CCN1CCC(N[C@@H]2CCC[C@@H](C)[C@H]2C)CC1. The third-order valence-corrected chi connectivity index (χ3v) is 5.19. The largest absolute Gasteiger partial charge is 0.311 e. The van der Waals surface area contributed by atoms with Crippen molar-refractivity contribution in [2.75, 3.05) is 19.6 Å². The lowest BCUT2D eigenvalue weighted by Crippen LogP contribution is -2.50. The molecule has 0 amide bonds. The third kappa shape index (κ3) is 3.45. The molecule has 2 rings (SSSR count). The van der Waals surface area contributed by atoms with Crippen molar-refractivity contribution in [3.05, 3.63) is 0 Å². The van der Waals surface area contributed by atoms with E-state index in [-0.39, 0.29) is 0 Å². The van der Waals surface area contributed by atoms with E-state index in [0.29, 0.717) is 0 Å². The Bertz CT molecular complexity index is 221. The fraction of sp³-hybridized carbons (Fsp3) is 1.00. The van der Waals surface area contributed by atoms with Crippen LogP contribution in [0.2, 0.25) is 0 Å². The van der Waals surface area contributed by atoms with Crippen molar-refractivity contribution < 1.29 is 0 Å². The lowest BCUT2D eigenvalue weighted by atomic mass is 9.77. The zero-order valence-electron chi connectivity index (χ0n) is 11.9. The third-order valence-electron chi connectivity index (χ3n) is 5.19. The predicted molar refractivity (Wildman–Crippen MR) is 74.2 cm³/mol. The number of hydrogen-bond donors (Lipinski definition) is 1. The zero-order chi connectivity index (χ0) is 12.3. The molecule has 100 valence electrons. The molecule has 17 heavy (non-hydrogen) atoms. The van der Waals surface area contributed by atoms with Gasteiger partial charge in [0.25, 0.3) is 0 Å². The summed E-state index contributed by atoms with van der Waals surface area (Å²) in [5.74, 6) is 1.78. The first kappa shape index (κ1) is 13.4. The minimum atomic E-state index is 0.788. The summed E-state index contributed by atoms with van der Waals surface area (Å²) >= 11 is 0. The molecule has 1 heterocycles. The first-order valence-electron chi connectivity index (χ1n) is 7.69. The second kappa shape index (κ2) is 6.19. The Morgan fingerprint density at radius 1 is 1.06 bits per heavy atom. The number of hydrogen-bond acceptors (Lipinski definition) is 2. The van der Waals surface area contributed by atoms with E-state index in [1.807, 2.05) is 0 Å². The highest BCUT2D eigenvalue weighted by Gasteiger charge is 2.29. The van der Waals surface area contributed by atoms with Crippen LogP contribution in [0.3, 0.4) is 0 Å². The van der Waals surface area contributed by atoms with Crippen LogP contribution in [-0.4, -0.2) is 36.6 Å². The summed E-state index contributed by atoms with van der Waals surface area (Å²) in [5.41, 5.74) is 0. The van der Waals surface area contributed by atoms with E-state index in [4.69, 9.17) is 0 Å². The number of nitrogens with zero attached hydrogens (tertiary/aromatic N) is 1. The number of nitrogens with one attached hydrogen (secondary N) is 1. The normalized spacial score (nSPS) is 37.2. The quantitative estimate of drug-likeness (QED) is 0.813. The fourth-order valence-electron chi connectivity index (χ4n) is 3.54. The van der Waals surface area contributed by atoms with Crippen LogP contribution in [0.15, 0.2) is 0 Å². The Balaban J connectivity index is 1.77. The van der Waals surface area contributed by atoms with Gasteiger partial charge in [0.2, 0.25) is 0 Å². The maximum absolute atomic E-state index is 3.96. The van der Waals surface area contributed by atoms with Gasteiger partial charge < -0.3 is 10.2 Å². The summed E-state index contributed by atoms with van der Waals surface area (Å²) in [6.45, 7) is 11.0. The Morgan fingerprint density at radius 2 is 1.76 bits per heavy atom. The molecule has 0 aromatic rings. The molecule has 1 aliphatic carbocycles. The zero-order valence-corrected chi connectivity index (χ0v) is 11.9. The molecule has 0 unspecified atom stereocenters. The van der Waals surface area contributed by atoms with Gasteiger partial charge in [-0.2, -0.15) is 0 Å². The van der Waals surface area contributed by atoms with E-state index >= 15 is 0 Å². The summed E-state index contributed by atoms with van der Waals surface area (Å²) in [6.07, 6.45) is 6.97. The van der Waals surface area contributed by atoms with Crippen LogP contribution in [0.4, 0.5) is 0 Å². The van der Waals surface area contributed by atoms with Crippen LogP contribution in [0, 0.1) is 11.8 Å². The molecule has 0 bridgehead atoms. The van der Waals surface area contributed by atoms with Crippen molar-refractivity contribution in [1.82, 2.24) is 10.2 Å². The summed E-state index contributed by atoms with van der Waals surface area (Å²) in [6, 6.07) is 1.58. The maximum atomic E-state index is 3.96. The van der Waals surface area contributed by atoms with Gasteiger partial charge >= 0.3 is 0 Å². The van der Waals surface area contributed by atoms with E-state index < -0.39 is 0 Å². The monoisotopic (exact) mass is 238 g/mol. The van der Waals surface area contributed by atoms with Gasteiger partial charge in [-0.3, -0.25) is 0 Å². The van der Waals surface area contributed by atoms with E-state index in [1.165, 1.54) is 51.7 Å². The van der Waals surface area contributed by atoms with Crippen molar-refractivity contribution in [3.63, 3.8) is 0 Å². The standard InChI is InChI=1S/C15H30N2/c1-4-17-10-8-14(9-11-17)16-15-7-5-6-12(2)13(15)3/h12-16H,4-11H2,1-3H3/t12-,13-,15-/m1/s1. The van der Waals surface area contributed by atoms with Gasteiger partial charge in [0.1, 0.15) is 0 Å². The molecule has 1 N–H and O–H groups in total. The summed E-state index contributed by atoms with van der Waals surface area (Å²) in [7, 11) is 0. The van der Waals surface area contributed by atoms with E-state index in [1.54, 1.807) is 0 Å². The lowest BCUT2D eigenvalue weighted by molar-refractivity contribution is 0.154. The Morgan fingerprint density at radius 3 is 2.41 bits per heavy atom. The molecular weight excluding hydrogens is 208 g/mol. The fourth-order valence-corrected chi connectivity index (χ4v) is 3.54.